The molecule has 1 spiro atoms. The third-order valence-electron chi connectivity index (χ3n) is 8.98. The van der Waals surface area contributed by atoms with Crippen LogP contribution in [-0.4, -0.2) is 37.4 Å². The van der Waals surface area contributed by atoms with Crippen molar-refractivity contribution in [3.8, 4) is 0 Å². The first-order chi connectivity index (χ1) is 12.7. The molecule has 4 fully saturated rings. The van der Waals surface area contributed by atoms with Crippen LogP contribution in [0.4, 0.5) is 0 Å². The predicted molar refractivity (Wildman–Crippen MR) is 99.5 cm³/mol. The van der Waals surface area contributed by atoms with Gasteiger partial charge in [0, 0.05) is 5.92 Å². The Hall–Kier alpha value is -1.36. The van der Waals surface area contributed by atoms with Crippen LogP contribution >= 0.6 is 0 Å². The van der Waals surface area contributed by atoms with Crippen molar-refractivity contribution in [1.29, 1.82) is 0 Å². The molecule has 0 saturated heterocycles. The standard InChI is InChI=1S/C22H32O5/c1-12-10-22-11-13(12)14(23)9-15(22)20(2)7-6-8-21(3,19(25)27-5)17(20)16(22)18(24)26-4/h13-17,23H,1,6-11H2,2-5H3/t13-,14-,15+,16-,17+,20+,21-,22+/m1/s1. The molecule has 4 saturated carbocycles. The largest absolute Gasteiger partial charge is 0.469 e. The van der Waals surface area contributed by atoms with E-state index < -0.39 is 11.5 Å². The van der Waals surface area contributed by atoms with Gasteiger partial charge in [0.2, 0.25) is 0 Å². The van der Waals surface area contributed by atoms with Crippen LogP contribution in [0, 0.1) is 39.9 Å². The number of carbonyl (C=O) groups excluding carboxylic acids is 2. The molecule has 5 nitrogen and oxygen atoms in total. The summed E-state index contributed by atoms with van der Waals surface area (Å²) in [6.07, 6.45) is 4.43. The quantitative estimate of drug-likeness (QED) is 0.592. The Morgan fingerprint density at radius 2 is 1.89 bits per heavy atom. The van der Waals surface area contributed by atoms with Crippen molar-refractivity contribution in [2.75, 3.05) is 14.2 Å². The van der Waals surface area contributed by atoms with E-state index in [4.69, 9.17) is 9.47 Å². The van der Waals surface area contributed by atoms with Crippen LogP contribution in [0.2, 0.25) is 0 Å². The Balaban J connectivity index is 1.92. The van der Waals surface area contributed by atoms with Crippen LogP contribution < -0.4 is 0 Å². The van der Waals surface area contributed by atoms with Gasteiger partial charge in [-0.1, -0.05) is 25.5 Å². The number of esters is 2. The predicted octanol–water partition coefficient (Wildman–Crippen LogP) is 3.11. The van der Waals surface area contributed by atoms with Gasteiger partial charge in [-0.15, -0.1) is 0 Å². The third kappa shape index (κ3) is 2.15. The molecule has 1 N–H and O–H groups in total. The average molecular weight is 376 g/mol. The number of hydrogen-bond donors (Lipinski definition) is 1. The third-order valence-corrected chi connectivity index (χ3v) is 8.98. The number of hydrogen-bond acceptors (Lipinski definition) is 5. The Kier molecular flexibility index (Phi) is 4.09. The summed E-state index contributed by atoms with van der Waals surface area (Å²) in [6.45, 7) is 8.46. The molecule has 5 heteroatoms. The van der Waals surface area contributed by atoms with E-state index in [9.17, 15) is 14.7 Å². The number of rotatable bonds is 2. The fraction of sp³-hybridized carbons (Fsp3) is 0.818. The molecule has 0 heterocycles. The summed E-state index contributed by atoms with van der Waals surface area (Å²) in [6, 6.07) is 0. The summed E-state index contributed by atoms with van der Waals surface area (Å²) in [5.41, 5.74) is -0.109. The van der Waals surface area contributed by atoms with Crippen molar-refractivity contribution in [3.63, 3.8) is 0 Å². The second-order valence-corrected chi connectivity index (χ2v) is 9.98. The molecule has 0 unspecified atom stereocenters. The average Bonchev–Trinajstić information content (AvgIpc) is 3.05. The zero-order chi connectivity index (χ0) is 19.8. The minimum Gasteiger partial charge on any atom is -0.469 e. The van der Waals surface area contributed by atoms with Crippen molar-refractivity contribution in [2.24, 2.45) is 39.9 Å². The van der Waals surface area contributed by atoms with E-state index in [-0.39, 0.29) is 46.4 Å². The minimum atomic E-state index is -0.711. The molecule has 4 rings (SSSR count). The Morgan fingerprint density at radius 3 is 2.52 bits per heavy atom. The van der Waals surface area contributed by atoms with Gasteiger partial charge in [0.15, 0.2) is 0 Å². The summed E-state index contributed by atoms with van der Waals surface area (Å²) in [7, 11) is 2.88. The molecule has 0 aliphatic heterocycles. The van der Waals surface area contributed by atoms with Gasteiger partial charge in [-0.05, 0) is 61.7 Å². The van der Waals surface area contributed by atoms with E-state index in [1.165, 1.54) is 14.2 Å². The van der Waals surface area contributed by atoms with Gasteiger partial charge in [-0.2, -0.15) is 0 Å². The molecule has 150 valence electrons. The number of aliphatic hydroxyl groups excluding tert-OH is 1. The van der Waals surface area contributed by atoms with Gasteiger partial charge < -0.3 is 14.6 Å². The van der Waals surface area contributed by atoms with Gasteiger partial charge >= 0.3 is 11.9 Å². The summed E-state index contributed by atoms with van der Waals surface area (Å²) < 4.78 is 10.5. The van der Waals surface area contributed by atoms with Crippen molar-refractivity contribution < 1.29 is 24.2 Å². The van der Waals surface area contributed by atoms with Crippen LogP contribution in [0.15, 0.2) is 12.2 Å². The van der Waals surface area contributed by atoms with E-state index in [0.717, 1.165) is 37.7 Å². The maximum atomic E-state index is 13.2. The van der Waals surface area contributed by atoms with E-state index in [0.29, 0.717) is 6.42 Å². The van der Waals surface area contributed by atoms with Crippen molar-refractivity contribution >= 4 is 11.9 Å². The van der Waals surface area contributed by atoms with Crippen molar-refractivity contribution in [3.05, 3.63) is 12.2 Å². The summed E-state index contributed by atoms with van der Waals surface area (Å²) >= 11 is 0. The highest BCUT2D eigenvalue weighted by Gasteiger charge is 2.76. The van der Waals surface area contributed by atoms with E-state index in [2.05, 4.69) is 13.5 Å². The Morgan fingerprint density at radius 1 is 1.19 bits per heavy atom. The highest BCUT2D eigenvalue weighted by molar-refractivity contribution is 5.81. The summed E-state index contributed by atoms with van der Waals surface area (Å²) in [5.74, 6) is -0.682. The molecule has 0 amide bonds. The normalized spacial score (nSPS) is 50.7. The Bertz CT molecular complexity index is 701. The van der Waals surface area contributed by atoms with Crippen molar-refractivity contribution in [2.45, 2.75) is 58.5 Å². The molecular formula is C22H32O5. The molecule has 4 aliphatic rings. The van der Waals surface area contributed by atoms with Gasteiger partial charge in [0.1, 0.15) is 0 Å². The first-order valence-corrected chi connectivity index (χ1v) is 10.2. The lowest BCUT2D eigenvalue weighted by Gasteiger charge is -2.51. The smallest absolute Gasteiger partial charge is 0.311 e. The molecule has 2 bridgehead atoms. The number of fused-ring (bicyclic) bond motifs is 3. The maximum Gasteiger partial charge on any atom is 0.311 e. The zero-order valence-electron chi connectivity index (χ0n) is 16.9. The summed E-state index contributed by atoms with van der Waals surface area (Å²) in [5, 5.41) is 10.8. The van der Waals surface area contributed by atoms with Crippen LogP contribution in [-0.2, 0) is 19.1 Å². The lowest BCUT2D eigenvalue weighted by Crippen LogP contribution is -2.51. The molecule has 0 radical (unpaired) electrons. The zero-order valence-corrected chi connectivity index (χ0v) is 16.9. The number of carbonyl (C=O) groups is 2. The second kappa shape index (κ2) is 5.82. The molecule has 27 heavy (non-hydrogen) atoms. The molecule has 8 atom stereocenters. The SMILES string of the molecule is C=C1C[C@]23C[C@H]1[C@H](O)C[C@H]2[C@]1(C)CCC[C@@](C)(C(=O)OC)[C@H]1[C@@H]3C(=O)OC. The number of aliphatic hydroxyl groups is 1. The second-order valence-electron chi connectivity index (χ2n) is 9.98. The molecule has 0 aromatic heterocycles. The lowest BCUT2D eigenvalue weighted by molar-refractivity contribution is -0.170. The molecule has 0 aromatic carbocycles. The fourth-order valence-electron chi connectivity index (χ4n) is 8.18. The highest BCUT2D eigenvalue weighted by atomic mass is 16.5. The first kappa shape index (κ1) is 19.0. The van der Waals surface area contributed by atoms with Gasteiger partial charge in [0.05, 0.1) is 31.7 Å². The van der Waals surface area contributed by atoms with Crippen LogP contribution in [0.25, 0.3) is 0 Å². The fourth-order valence-corrected chi connectivity index (χ4v) is 8.18. The van der Waals surface area contributed by atoms with Crippen molar-refractivity contribution in [1.82, 2.24) is 0 Å². The van der Waals surface area contributed by atoms with Gasteiger partial charge in [-0.3, -0.25) is 9.59 Å². The van der Waals surface area contributed by atoms with E-state index >= 15 is 0 Å². The highest BCUT2D eigenvalue weighted by Crippen LogP contribution is 2.77. The van der Waals surface area contributed by atoms with E-state index in [1.54, 1.807) is 0 Å². The molecular weight excluding hydrogens is 344 g/mol. The van der Waals surface area contributed by atoms with E-state index in [1.807, 2.05) is 6.92 Å². The topological polar surface area (TPSA) is 72.8 Å². The lowest BCUT2D eigenvalue weighted by atomic mass is 9.53. The minimum absolute atomic E-state index is 0.0570. The van der Waals surface area contributed by atoms with Crippen LogP contribution in [0.5, 0.6) is 0 Å². The maximum absolute atomic E-state index is 13.2. The monoisotopic (exact) mass is 376 g/mol. The Labute approximate surface area is 161 Å². The van der Waals surface area contributed by atoms with Crippen LogP contribution in [0.1, 0.15) is 52.4 Å². The summed E-state index contributed by atoms with van der Waals surface area (Å²) in [4.78, 5) is 26.1. The number of methoxy groups -OCH3 is 2. The van der Waals surface area contributed by atoms with Gasteiger partial charge in [-0.25, -0.2) is 0 Å². The van der Waals surface area contributed by atoms with Gasteiger partial charge in [0.25, 0.3) is 0 Å². The van der Waals surface area contributed by atoms with Crippen LogP contribution in [0.3, 0.4) is 0 Å². The molecule has 4 aliphatic carbocycles. The molecule has 0 aromatic rings. The first-order valence-electron chi connectivity index (χ1n) is 10.2. The number of ether oxygens (including phenoxy) is 2.